The van der Waals surface area contributed by atoms with Crippen molar-refractivity contribution in [3.63, 3.8) is 0 Å². The summed E-state index contributed by atoms with van der Waals surface area (Å²) in [7, 11) is 0. The molecule has 0 radical (unpaired) electrons. The van der Waals surface area contributed by atoms with E-state index in [9.17, 15) is 4.79 Å². The predicted octanol–water partition coefficient (Wildman–Crippen LogP) is 4.24. The normalized spacial score (nSPS) is 11.2. The average Bonchev–Trinajstić information content (AvgIpc) is 2.93. The highest BCUT2D eigenvalue weighted by molar-refractivity contribution is 6.36. The van der Waals surface area contributed by atoms with Crippen molar-refractivity contribution in [3.8, 4) is 0 Å². The minimum absolute atomic E-state index is 0.293. The van der Waals surface area contributed by atoms with Gasteiger partial charge >= 0.3 is 0 Å². The lowest BCUT2D eigenvalue weighted by atomic mass is 10.2. The molecule has 0 aliphatic carbocycles. The molecule has 1 heterocycles. The van der Waals surface area contributed by atoms with Crippen LogP contribution in [0.15, 0.2) is 53.8 Å². The van der Waals surface area contributed by atoms with Gasteiger partial charge in [0, 0.05) is 27.7 Å². The van der Waals surface area contributed by atoms with Crippen LogP contribution in [0.1, 0.15) is 15.9 Å². The van der Waals surface area contributed by atoms with E-state index in [-0.39, 0.29) is 5.91 Å². The van der Waals surface area contributed by atoms with E-state index in [1.165, 1.54) is 6.21 Å². The third-order valence-electron chi connectivity index (χ3n) is 3.17. The Bertz CT molecular complexity index is 871. The fourth-order valence-electron chi connectivity index (χ4n) is 2.09. The van der Waals surface area contributed by atoms with Gasteiger partial charge in [-0.15, -0.1) is 0 Å². The Morgan fingerprint density at radius 3 is 2.82 bits per heavy atom. The molecule has 0 unspecified atom stereocenters. The SMILES string of the molecule is O=C(N/N=C/c1ccc(Cl)cc1Cl)c1c[nH]c2ccccc12. The second-order valence-electron chi connectivity index (χ2n) is 4.61. The smallest absolute Gasteiger partial charge is 0.273 e. The first kappa shape index (κ1) is 14.6. The summed E-state index contributed by atoms with van der Waals surface area (Å²) in [5.74, 6) is -0.293. The average molecular weight is 332 g/mol. The van der Waals surface area contributed by atoms with Crippen LogP contribution in [0.25, 0.3) is 10.9 Å². The summed E-state index contributed by atoms with van der Waals surface area (Å²) in [6.07, 6.45) is 3.14. The molecule has 3 rings (SSSR count). The second kappa shape index (κ2) is 6.22. The van der Waals surface area contributed by atoms with Crippen LogP contribution >= 0.6 is 23.2 Å². The number of aromatic nitrogens is 1. The van der Waals surface area contributed by atoms with Crippen LogP contribution < -0.4 is 5.43 Å². The first-order chi connectivity index (χ1) is 10.6. The molecule has 0 saturated heterocycles. The number of carbonyl (C=O) groups is 1. The van der Waals surface area contributed by atoms with Crippen molar-refractivity contribution in [2.75, 3.05) is 0 Å². The van der Waals surface area contributed by atoms with Gasteiger partial charge in [-0.05, 0) is 18.2 Å². The van der Waals surface area contributed by atoms with E-state index in [1.807, 2.05) is 24.3 Å². The highest BCUT2D eigenvalue weighted by Crippen LogP contribution is 2.19. The number of hydrogen-bond donors (Lipinski definition) is 2. The Morgan fingerprint density at radius 1 is 1.18 bits per heavy atom. The Hall–Kier alpha value is -2.30. The first-order valence-corrected chi connectivity index (χ1v) is 7.25. The molecule has 0 bridgehead atoms. The molecule has 0 fully saturated rings. The molecule has 0 spiro atoms. The van der Waals surface area contributed by atoms with Crippen molar-refractivity contribution in [1.82, 2.24) is 10.4 Å². The molecule has 4 nitrogen and oxygen atoms in total. The molecule has 0 atom stereocenters. The summed E-state index contributed by atoms with van der Waals surface area (Å²) in [5.41, 5.74) is 4.60. The van der Waals surface area contributed by atoms with Crippen LogP contribution in [-0.2, 0) is 0 Å². The zero-order chi connectivity index (χ0) is 15.5. The van der Waals surface area contributed by atoms with E-state index >= 15 is 0 Å². The zero-order valence-electron chi connectivity index (χ0n) is 11.3. The Morgan fingerprint density at radius 2 is 2.00 bits per heavy atom. The van der Waals surface area contributed by atoms with Gasteiger partial charge in [0.1, 0.15) is 0 Å². The molecule has 1 amide bonds. The molecular formula is C16H11Cl2N3O. The number of hydrogen-bond acceptors (Lipinski definition) is 2. The van der Waals surface area contributed by atoms with Crippen LogP contribution in [0.2, 0.25) is 10.0 Å². The van der Waals surface area contributed by atoms with E-state index in [0.29, 0.717) is 21.2 Å². The fraction of sp³-hybridized carbons (Fsp3) is 0. The number of benzene rings is 2. The van der Waals surface area contributed by atoms with E-state index in [4.69, 9.17) is 23.2 Å². The molecule has 110 valence electrons. The predicted molar refractivity (Wildman–Crippen MR) is 89.8 cm³/mol. The molecule has 3 aromatic rings. The Kier molecular flexibility index (Phi) is 4.13. The van der Waals surface area contributed by atoms with Gasteiger partial charge < -0.3 is 4.98 Å². The zero-order valence-corrected chi connectivity index (χ0v) is 12.8. The number of H-pyrrole nitrogens is 1. The number of para-hydroxylation sites is 1. The largest absolute Gasteiger partial charge is 0.360 e. The fourth-order valence-corrected chi connectivity index (χ4v) is 2.54. The number of amides is 1. The molecule has 0 aliphatic heterocycles. The Balaban J connectivity index is 1.76. The molecule has 6 heteroatoms. The van der Waals surface area contributed by atoms with Crippen molar-refractivity contribution in [2.24, 2.45) is 5.10 Å². The van der Waals surface area contributed by atoms with Crippen LogP contribution in [0.5, 0.6) is 0 Å². The Labute approximate surface area is 136 Å². The lowest BCUT2D eigenvalue weighted by molar-refractivity contribution is 0.0957. The van der Waals surface area contributed by atoms with Gasteiger partial charge in [0.15, 0.2) is 0 Å². The lowest BCUT2D eigenvalue weighted by Gasteiger charge is -2.00. The van der Waals surface area contributed by atoms with Gasteiger partial charge in [-0.25, -0.2) is 5.43 Å². The topological polar surface area (TPSA) is 57.2 Å². The molecule has 2 N–H and O–H groups in total. The van der Waals surface area contributed by atoms with Gasteiger partial charge in [0.05, 0.1) is 16.8 Å². The first-order valence-electron chi connectivity index (χ1n) is 6.50. The number of carbonyl (C=O) groups excluding carboxylic acids is 1. The van der Waals surface area contributed by atoms with E-state index in [0.717, 1.165) is 10.9 Å². The number of hydrazone groups is 1. The molecular weight excluding hydrogens is 321 g/mol. The summed E-state index contributed by atoms with van der Waals surface area (Å²) in [4.78, 5) is 15.2. The lowest BCUT2D eigenvalue weighted by Crippen LogP contribution is -2.17. The molecule has 2 aromatic carbocycles. The monoisotopic (exact) mass is 331 g/mol. The molecule has 0 saturated carbocycles. The highest BCUT2D eigenvalue weighted by Gasteiger charge is 2.10. The van der Waals surface area contributed by atoms with Gasteiger partial charge in [0.25, 0.3) is 5.91 Å². The molecule has 1 aromatic heterocycles. The standard InChI is InChI=1S/C16H11Cl2N3O/c17-11-6-5-10(14(18)7-11)8-20-21-16(22)13-9-19-15-4-2-1-3-12(13)15/h1-9,19H,(H,21,22)/b20-8+. The van der Waals surface area contributed by atoms with Crippen LogP contribution in [0.4, 0.5) is 0 Å². The van der Waals surface area contributed by atoms with E-state index in [2.05, 4.69) is 15.5 Å². The van der Waals surface area contributed by atoms with Crippen LogP contribution in [0, 0.1) is 0 Å². The maximum Gasteiger partial charge on any atom is 0.273 e. The van der Waals surface area contributed by atoms with Crippen molar-refractivity contribution >= 4 is 46.2 Å². The summed E-state index contributed by atoms with van der Waals surface area (Å²) < 4.78 is 0. The van der Waals surface area contributed by atoms with Crippen molar-refractivity contribution in [2.45, 2.75) is 0 Å². The highest BCUT2D eigenvalue weighted by atomic mass is 35.5. The van der Waals surface area contributed by atoms with Gasteiger partial charge in [-0.2, -0.15) is 5.10 Å². The summed E-state index contributed by atoms with van der Waals surface area (Å²) in [6.45, 7) is 0. The number of nitrogens with zero attached hydrogens (tertiary/aromatic N) is 1. The minimum Gasteiger partial charge on any atom is -0.360 e. The molecule has 22 heavy (non-hydrogen) atoms. The van der Waals surface area contributed by atoms with Crippen LogP contribution in [0.3, 0.4) is 0 Å². The maximum atomic E-state index is 12.2. The van der Waals surface area contributed by atoms with Crippen molar-refractivity contribution in [1.29, 1.82) is 0 Å². The van der Waals surface area contributed by atoms with Gasteiger partial charge in [-0.1, -0.05) is 47.5 Å². The third kappa shape index (κ3) is 2.98. The van der Waals surface area contributed by atoms with Crippen molar-refractivity contribution < 1.29 is 4.79 Å². The summed E-state index contributed by atoms with van der Waals surface area (Å²) in [5, 5.41) is 5.79. The van der Waals surface area contributed by atoms with Crippen molar-refractivity contribution in [3.05, 3.63) is 69.8 Å². The maximum absolute atomic E-state index is 12.2. The minimum atomic E-state index is -0.293. The summed E-state index contributed by atoms with van der Waals surface area (Å²) in [6, 6.07) is 12.6. The number of rotatable bonds is 3. The van der Waals surface area contributed by atoms with E-state index < -0.39 is 0 Å². The quantitative estimate of drug-likeness (QED) is 0.547. The number of halogens is 2. The number of fused-ring (bicyclic) bond motifs is 1. The van der Waals surface area contributed by atoms with Gasteiger partial charge in [0.2, 0.25) is 0 Å². The van der Waals surface area contributed by atoms with Gasteiger partial charge in [-0.3, -0.25) is 4.79 Å². The van der Waals surface area contributed by atoms with E-state index in [1.54, 1.807) is 24.4 Å². The summed E-state index contributed by atoms with van der Waals surface area (Å²) >= 11 is 11.9. The molecule has 0 aliphatic rings. The third-order valence-corrected chi connectivity index (χ3v) is 3.73. The van der Waals surface area contributed by atoms with Crippen LogP contribution in [-0.4, -0.2) is 17.1 Å². The number of aromatic amines is 1. The number of nitrogens with one attached hydrogen (secondary N) is 2. The second-order valence-corrected chi connectivity index (χ2v) is 5.46.